The van der Waals surface area contributed by atoms with E-state index in [1.807, 2.05) is 48.5 Å². The second-order valence-electron chi connectivity index (χ2n) is 10.9. The second kappa shape index (κ2) is 11.7. The summed E-state index contributed by atoms with van der Waals surface area (Å²) in [7, 11) is 0. The van der Waals surface area contributed by atoms with Gasteiger partial charge in [-0.25, -0.2) is 4.79 Å². The molecule has 2 aliphatic heterocycles. The fraction of sp³-hybridized carbons (Fsp3) is 0.387. The lowest BCUT2D eigenvalue weighted by atomic mass is 9.76. The summed E-state index contributed by atoms with van der Waals surface area (Å²) < 4.78 is 5.55. The largest absolute Gasteiger partial charge is 0.633 e. The van der Waals surface area contributed by atoms with E-state index in [0.717, 1.165) is 30.4 Å². The number of likely N-dealkylation sites (tertiary alicyclic amines) is 1. The number of benzene rings is 3. The molecule has 2 aliphatic rings. The monoisotopic (exact) mass is 552 g/mol. The number of amides is 1. The van der Waals surface area contributed by atoms with Gasteiger partial charge < -0.3 is 19.5 Å². The number of hydroxylamine groups is 3. The van der Waals surface area contributed by atoms with Crippen LogP contribution in [-0.4, -0.2) is 48.4 Å². The van der Waals surface area contributed by atoms with Crippen LogP contribution in [0.4, 0.5) is 4.79 Å². The number of quaternary nitrogens is 1. The lowest BCUT2D eigenvalue weighted by Crippen LogP contribution is -2.56. The summed E-state index contributed by atoms with van der Waals surface area (Å²) in [6, 6.07) is 26.0. The van der Waals surface area contributed by atoms with Crippen molar-refractivity contribution in [1.82, 2.24) is 4.90 Å². The number of piperidine rings is 1. The van der Waals surface area contributed by atoms with Crippen LogP contribution >= 0.6 is 23.2 Å². The van der Waals surface area contributed by atoms with Gasteiger partial charge in [-0.05, 0) is 41.2 Å². The van der Waals surface area contributed by atoms with E-state index in [2.05, 4.69) is 24.3 Å². The van der Waals surface area contributed by atoms with Crippen molar-refractivity contribution in [2.24, 2.45) is 5.92 Å². The quantitative estimate of drug-likeness (QED) is 0.218. The van der Waals surface area contributed by atoms with Crippen LogP contribution in [0.1, 0.15) is 36.0 Å². The molecule has 7 heteroatoms. The third-order valence-electron chi connectivity index (χ3n) is 8.23. The second-order valence-corrected chi connectivity index (χ2v) is 11.7. The first-order valence-corrected chi connectivity index (χ1v) is 14.1. The third-order valence-corrected chi connectivity index (χ3v) is 8.97. The zero-order valence-electron chi connectivity index (χ0n) is 21.5. The molecule has 5 rings (SSSR count). The minimum atomic E-state index is -0.548. The van der Waals surface area contributed by atoms with Gasteiger partial charge in [-0.15, -0.1) is 0 Å². The normalized spacial score (nSPS) is 25.7. The Morgan fingerprint density at radius 1 is 0.921 bits per heavy atom. The molecule has 200 valence electrons. The van der Waals surface area contributed by atoms with Gasteiger partial charge in [0.2, 0.25) is 0 Å². The van der Waals surface area contributed by atoms with Crippen LogP contribution in [0, 0.1) is 11.1 Å². The topological polar surface area (TPSA) is 52.6 Å². The molecule has 0 radical (unpaired) electrons. The molecule has 2 saturated heterocycles. The van der Waals surface area contributed by atoms with Crippen molar-refractivity contribution in [2.45, 2.75) is 37.6 Å². The van der Waals surface area contributed by atoms with Crippen molar-refractivity contribution in [1.29, 1.82) is 0 Å². The number of halogens is 2. The highest BCUT2D eigenvalue weighted by Crippen LogP contribution is 2.38. The number of hydrogen-bond acceptors (Lipinski definition) is 3. The maximum absolute atomic E-state index is 13.9. The number of nitrogens with zero attached hydrogens (tertiary/aromatic N) is 2. The summed E-state index contributed by atoms with van der Waals surface area (Å²) in [5.74, 6) is 0.540. The highest BCUT2D eigenvalue weighted by molar-refractivity contribution is 6.42. The van der Waals surface area contributed by atoms with Crippen molar-refractivity contribution in [3.63, 3.8) is 0 Å². The number of carbonyl (C=O) groups is 1. The third kappa shape index (κ3) is 6.35. The average molecular weight is 554 g/mol. The zero-order valence-corrected chi connectivity index (χ0v) is 23.0. The zero-order chi connectivity index (χ0) is 26.6. The summed E-state index contributed by atoms with van der Waals surface area (Å²) >= 11 is 12.7. The van der Waals surface area contributed by atoms with Gasteiger partial charge in [0.15, 0.2) is 0 Å². The van der Waals surface area contributed by atoms with Crippen molar-refractivity contribution < 1.29 is 14.2 Å². The molecule has 1 atom stereocenters. The van der Waals surface area contributed by atoms with E-state index in [4.69, 9.17) is 27.9 Å². The number of rotatable bonds is 8. The van der Waals surface area contributed by atoms with Crippen molar-refractivity contribution >= 4 is 29.3 Å². The molecule has 1 unspecified atom stereocenters. The fourth-order valence-corrected chi connectivity index (χ4v) is 6.17. The number of carbonyl (C=O) groups excluding carboxylic acids is 1. The van der Waals surface area contributed by atoms with Crippen LogP contribution in [-0.2, 0) is 23.1 Å². The molecule has 2 heterocycles. The first kappa shape index (κ1) is 27.0. The molecule has 38 heavy (non-hydrogen) atoms. The van der Waals surface area contributed by atoms with Gasteiger partial charge in [0, 0.05) is 32.4 Å². The maximum Gasteiger partial charge on any atom is 0.410 e. The summed E-state index contributed by atoms with van der Waals surface area (Å²) in [4.78, 5) is 14.5. The van der Waals surface area contributed by atoms with Gasteiger partial charge in [0.05, 0.1) is 35.1 Å². The minimum Gasteiger partial charge on any atom is -0.633 e. The maximum atomic E-state index is 13.9. The molecule has 0 spiro atoms. The van der Waals surface area contributed by atoms with Crippen molar-refractivity contribution in [2.75, 3.05) is 32.8 Å². The minimum absolute atomic E-state index is 0.207. The van der Waals surface area contributed by atoms with E-state index in [1.165, 1.54) is 5.56 Å². The summed E-state index contributed by atoms with van der Waals surface area (Å²) in [5, 5.41) is 14.8. The van der Waals surface area contributed by atoms with Crippen LogP contribution in [0.25, 0.3) is 0 Å². The number of ether oxygens (including phenoxy) is 1. The molecule has 0 aliphatic carbocycles. The molecule has 5 nitrogen and oxygen atoms in total. The molecular weight excluding hydrogens is 519 g/mol. The molecular formula is C31H34Cl2N2O3. The summed E-state index contributed by atoms with van der Waals surface area (Å²) in [6.45, 7) is 2.81. The van der Waals surface area contributed by atoms with Gasteiger partial charge >= 0.3 is 6.09 Å². The Labute approximate surface area is 235 Å². The first-order chi connectivity index (χ1) is 18.3. The SMILES string of the molecule is O=C1OCC(CC[N+]2([O-])CCC(Cc3ccccc3)CC2)(c2ccc(Cl)c(Cl)c2)CN1Cc1ccccc1. The highest BCUT2D eigenvalue weighted by Gasteiger charge is 2.43. The van der Waals surface area contributed by atoms with Crippen LogP contribution < -0.4 is 0 Å². The lowest BCUT2D eigenvalue weighted by Gasteiger charge is -2.50. The summed E-state index contributed by atoms with van der Waals surface area (Å²) in [6.07, 6.45) is 3.13. The Hall–Kier alpha value is -2.57. The van der Waals surface area contributed by atoms with E-state index >= 15 is 0 Å². The molecule has 0 aromatic heterocycles. The molecule has 3 aromatic rings. The standard InChI is InChI=1S/C31H34Cl2N2O3/c32-28-12-11-27(20-29(28)33)31(22-34(30(36)38-23-31)21-26-9-5-2-6-10-26)15-18-35(37)16-13-25(14-17-35)19-24-7-3-1-4-8-24/h1-12,20,25H,13-19,21-23H2. The number of cyclic esters (lactones) is 1. The van der Waals surface area contributed by atoms with Gasteiger partial charge in [-0.1, -0.05) is 89.9 Å². The van der Waals surface area contributed by atoms with Crippen LogP contribution in [0.3, 0.4) is 0 Å². The van der Waals surface area contributed by atoms with Crippen molar-refractivity contribution in [3.05, 3.63) is 111 Å². The van der Waals surface area contributed by atoms with E-state index in [9.17, 15) is 10.0 Å². The van der Waals surface area contributed by atoms with Crippen LogP contribution in [0.15, 0.2) is 78.9 Å². The average Bonchev–Trinajstić information content (AvgIpc) is 2.93. The van der Waals surface area contributed by atoms with Crippen LogP contribution in [0.2, 0.25) is 10.0 Å². The fourth-order valence-electron chi connectivity index (χ4n) is 5.87. The predicted molar refractivity (Wildman–Crippen MR) is 152 cm³/mol. The predicted octanol–water partition coefficient (Wildman–Crippen LogP) is 7.24. The Bertz CT molecular complexity index is 1230. The first-order valence-electron chi connectivity index (χ1n) is 13.4. The van der Waals surface area contributed by atoms with E-state index < -0.39 is 5.41 Å². The Morgan fingerprint density at radius 2 is 1.58 bits per heavy atom. The van der Waals surface area contributed by atoms with Gasteiger partial charge in [0.1, 0.15) is 6.61 Å². The van der Waals surface area contributed by atoms with E-state index in [0.29, 0.717) is 55.1 Å². The van der Waals surface area contributed by atoms with Crippen molar-refractivity contribution in [3.8, 4) is 0 Å². The van der Waals surface area contributed by atoms with Gasteiger partial charge in [0.25, 0.3) is 0 Å². The molecule has 0 N–H and O–H groups in total. The Balaban J connectivity index is 1.31. The highest BCUT2D eigenvalue weighted by atomic mass is 35.5. The van der Waals surface area contributed by atoms with Gasteiger partial charge in [-0.3, -0.25) is 0 Å². The molecule has 0 saturated carbocycles. The molecule has 1 amide bonds. The molecule has 0 bridgehead atoms. The van der Waals surface area contributed by atoms with E-state index in [-0.39, 0.29) is 17.3 Å². The smallest absolute Gasteiger partial charge is 0.410 e. The van der Waals surface area contributed by atoms with E-state index in [1.54, 1.807) is 11.0 Å². The lowest BCUT2D eigenvalue weighted by molar-refractivity contribution is -0.887. The molecule has 2 fully saturated rings. The Kier molecular flexibility index (Phi) is 8.29. The summed E-state index contributed by atoms with van der Waals surface area (Å²) in [5.41, 5.74) is 2.77. The number of hydrogen-bond donors (Lipinski definition) is 0. The molecule has 3 aromatic carbocycles. The van der Waals surface area contributed by atoms with Gasteiger partial charge in [-0.2, -0.15) is 0 Å². The Morgan fingerprint density at radius 3 is 2.24 bits per heavy atom. The van der Waals surface area contributed by atoms with Crippen LogP contribution in [0.5, 0.6) is 0 Å².